The molecule has 2 aromatic rings. The first-order valence-electron chi connectivity index (χ1n) is 6.11. The molecule has 0 saturated heterocycles. The van der Waals surface area contributed by atoms with Gasteiger partial charge in [0.1, 0.15) is 0 Å². The van der Waals surface area contributed by atoms with Gasteiger partial charge in [-0.15, -0.1) is 0 Å². The zero-order valence-electron chi connectivity index (χ0n) is 9.94. The predicted molar refractivity (Wildman–Crippen MR) is 77.1 cm³/mol. The Morgan fingerprint density at radius 1 is 1.06 bits per heavy atom. The minimum Gasteiger partial charge on any atom is -0.396 e. The van der Waals surface area contributed by atoms with Crippen LogP contribution < -0.4 is 11.1 Å². The molecule has 92 valence electrons. The summed E-state index contributed by atoms with van der Waals surface area (Å²) in [5.41, 5.74) is 8.91. The third kappa shape index (κ3) is 2.16. The van der Waals surface area contributed by atoms with E-state index >= 15 is 0 Å². The maximum Gasteiger partial charge on any atom is 0.0739 e. The predicted octanol–water partition coefficient (Wildman–Crippen LogP) is 3.89. The Morgan fingerprint density at radius 3 is 2.61 bits per heavy atom. The lowest BCUT2D eigenvalue weighted by molar-refractivity contribution is 1.05. The molecule has 18 heavy (non-hydrogen) atoms. The maximum absolute atomic E-state index is 6.01. The van der Waals surface area contributed by atoms with Crippen molar-refractivity contribution in [2.24, 2.45) is 0 Å². The Bertz CT molecular complexity index is 554. The van der Waals surface area contributed by atoms with E-state index in [2.05, 4.69) is 29.6 Å². The molecular formula is C15H15ClN2. The molecule has 2 nitrogen and oxygen atoms in total. The van der Waals surface area contributed by atoms with E-state index < -0.39 is 0 Å². The van der Waals surface area contributed by atoms with E-state index in [1.54, 1.807) is 0 Å². The smallest absolute Gasteiger partial charge is 0.0739 e. The Kier molecular flexibility index (Phi) is 2.88. The Labute approximate surface area is 112 Å². The normalized spacial score (nSPS) is 21.6. The molecule has 3 rings (SSSR count). The molecule has 2 unspecified atom stereocenters. The lowest BCUT2D eigenvalue weighted by atomic mass is 10.1. The van der Waals surface area contributed by atoms with Gasteiger partial charge in [-0.3, -0.25) is 0 Å². The van der Waals surface area contributed by atoms with E-state index in [0.717, 1.165) is 12.1 Å². The van der Waals surface area contributed by atoms with E-state index in [0.29, 0.717) is 22.7 Å². The quantitative estimate of drug-likeness (QED) is 0.820. The van der Waals surface area contributed by atoms with Gasteiger partial charge in [-0.2, -0.15) is 0 Å². The first-order chi connectivity index (χ1) is 8.75. The second-order valence-electron chi connectivity index (χ2n) is 4.70. The molecule has 1 fully saturated rings. The van der Waals surface area contributed by atoms with Crippen LogP contribution >= 0.6 is 11.6 Å². The summed E-state index contributed by atoms with van der Waals surface area (Å²) in [6.45, 7) is 0. The number of anilines is 2. The van der Waals surface area contributed by atoms with Crippen LogP contribution in [0.2, 0.25) is 5.02 Å². The van der Waals surface area contributed by atoms with Gasteiger partial charge >= 0.3 is 0 Å². The molecule has 3 heteroatoms. The Hall–Kier alpha value is -1.67. The molecule has 2 aromatic carbocycles. The molecule has 1 saturated carbocycles. The lowest BCUT2D eigenvalue weighted by Crippen LogP contribution is -2.06. The van der Waals surface area contributed by atoms with Crippen molar-refractivity contribution in [2.75, 3.05) is 11.1 Å². The summed E-state index contributed by atoms with van der Waals surface area (Å²) in [7, 11) is 0. The van der Waals surface area contributed by atoms with Gasteiger partial charge in [0.2, 0.25) is 0 Å². The van der Waals surface area contributed by atoms with Crippen molar-refractivity contribution in [3.05, 3.63) is 59.1 Å². The first kappa shape index (κ1) is 11.4. The van der Waals surface area contributed by atoms with Crippen molar-refractivity contribution >= 4 is 23.0 Å². The number of nitrogens with two attached hydrogens (primary N) is 1. The standard InChI is InChI=1S/C15H15ClN2/c16-12-7-4-8-13(15(12)17)18-14-9-11(14)10-5-2-1-3-6-10/h1-8,11,14,18H,9,17H2. The zero-order valence-corrected chi connectivity index (χ0v) is 10.7. The molecule has 0 bridgehead atoms. The van der Waals surface area contributed by atoms with Gasteiger partial charge in [0.25, 0.3) is 0 Å². The van der Waals surface area contributed by atoms with Crippen LogP contribution in [0, 0.1) is 0 Å². The summed E-state index contributed by atoms with van der Waals surface area (Å²) < 4.78 is 0. The van der Waals surface area contributed by atoms with Crippen molar-refractivity contribution in [3.63, 3.8) is 0 Å². The molecule has 3 N–H and O–H groups in total. The van der Waals surface area contributed by atoms with Gasteiger partial charge in [0, 0.05) is 12.0 Å². The van der Waals surface area contributed by atoms with Crippen LogP contribution in [0.1, 0.15) is 17.9 Å². The molecule has 1 aliphatic rings. The summed E-state index contributed by atoms with van der Waals surface area (Å²) in [4.78, 5) is 0. The van der Waals surface area contributed by atoms with Crippen LogP contribution in [0.4, 0.5) is 11.4 Å². The zero-order chi connectivity index (χ0) is 12.5. The number of nitrogen functional groups attached to an aromatic ring is 1. The highest BCUT2D eigenvalue weighted by Crippen LogP contribution is 2.43. The van der Waals surface area contributed by atoms with E-state index in [1.165, 1.54) is 5.56 Å². The van der Waals surface area contributed by atoms with Crippen LogP contribution in [-0.2, 0) is 0 Å². The second kappa shape index (κ2) is 4.54. The van der Waals surface area contributed by atoms with Gasteiger partial charge in [-0.1, -0.05) is 48.0 Å². The van der Waals surface area contributed by atoms with Crippen LogP contribution in [-0.4, -0.2) is 6.04 Å². The number of para-hydroxylation sites is 1. The molecule has 0 radical (unpaired) electrons. The van der Waals surface area contributed by atoms with E-state index in [9.17, 15) is 0 Å². The minimum absolute atomic E-state index is 0.466. The molecule has 0 spiro atoms. The highest BCUT2D eigenvalue weighted by atomic mass is 35.5. The number of hydrogen-bond donors (Lipinski definition) is 2. The van der Waals surface area contributed by atoms with E-state index in [4.69, 9.17) is 17.3 Å². The van der Waals surface area contributed by atoms with Gasteiger partial charge in [0.05, 0.1) is 16.4 Å². The molecular weight excluding hydrogens is 244 g/mol. The van der Waals surface area contributed by atoms with Gasteiger partial charge in [-0.05, 0) is 24.1 Å². The van der Waals surface area contributed by atoms with Crippen molar-refractivity contribution in [1.29, 1.82) is 0 Å². The van der Waals surface area contributed by atoms with Crippen molar-refractivity contribution in [2.45, 2.75) is 18.4 Å². The van der Waals surface area contributed by atoms with Crippen LogP contribution in [0.25, 0.3) is 0 Å². The summed E-state index contributed by atoms with van der Waals surface area (Å²) in [5, 5.41) is 4.07. The number of nitrogens with one attached hydrogen (secondary N) is 1. The van der Waals surface area contributed by atoms with Gasteiger partial charge in [-0.25, -0.2) is 0 Å². The fraction of sp³-hybridized carbons (Fsp3) is 0.200. The second-order valence-corrected chi connectivity index (χ2v) is 5.11. The largest absolute Gasteiger partial charge is 0.396 e. The van der Waals surface area contributed by atoms with Crippen LogP contribution in [0.5, 0.6) is 0 Å². The molecule has 2 atom stereocenters. The molecule has 0 aromatic heterocycles. The molecule has 0 heterocycles. The topological polar surface area (TPSA) is 38.0 Å². The Morgan fingerprint density at radius 2 is 1.83 bits per heavy atom. The van der Waals surface area contributed by atoms with Crippen molar-refractivity contribution in [1.82, 2.24) is 0 Å². The monoisotopic (exact) mass is 258 g/mol. The van der Waals surface area contributed by atoms with E-state index in [1.807, 2.05) is 24.3 Å². The van der Waals surface area contributed by atoms with Crippen molar-refractivity contribution in [3.8, 4) is 0 Å². The minimum atomic E-state index is 0.466. The number of rotatable bonds is 3. The summed E-state index contributed by atoms with van der Waals surface area (Å²) in [5.74, 6) is 0.588. The highest BCUT2D eigenvalue weighted by Gasteiger charge is 2.38. The first-order valence-corrected chi connectivity index (χ1v) is 6.49. The van der Waals surface area contributed by atoms with Crippen molar-refractivity contribution < 1.29 is 0 Å². The highest BCUT2D eigenvalue weighted by molar-refractivity contribution is 6.33. The maximum atomic E-state index is 6.01. The fourth-order valence-corrected chi connectivity index (χ4v) is 2.46. The van der Waals surface area contributed by atoms with Crippen LogP contribution in [0.15, 0.2) is 48.5 Å². The summed E-state index contributed by atoms with van der Waals surface area (Å²) in [6.07, 6.45) is 1.15. The average Bonchev–Trinajstić information content (AvgIpc) is 3.15. The number of benzene rings is 2. The molecule has 0 amide bonds. The fourth-order valence-electron chi connectivity index (χ4n) is 2.29. The lowest BCUT2D eigenvalue weighted by Gasteiger charge is -2.10. The number of hydrogen-bond acceptors (Lipinski definition) is 2. The molecule has 1 aliphatic carbocycles. The average molecular weight is 259 g/mol. The number of halogens is 1. The van der Waals surface area contributed by atoms with Gasteiger partial charge in [0.15, 0.2) is 0 Å². The summed E-state index contributed by atoms with van der Waals surface area (Å²) >= 11 is 6.01. The van der Waals surface area contributed by atoms with E-state index in [-0.39, 0.29) is 0 Å². The molecule has 0 aliphatic heterocycles. The third-order valence-corrected chi connectivity index (χ3v) is 3.74. The van der Waals surface area contributed by atoms with Gasteiger partial charge < -0.3 is 11.1 Å². The third-order valence-electron chi connectivity index (χ3n) is 3.41. The summed E-state index contributed by atoms with van der Waals surface area (Å²) in [6, 6.07) is 16.7. The SMILES string of the molecule is Nc1c(Cl)cccc1NC1CC1c1ccccc1. The Balaban J connectivity index is 1.71. The van der Waals surface area contributed by atoms with Crippen LogP contribution in [0.3, 0.4) is 0 Å².